The van der Waals surface area contributed by atoms with E-state index in [1.165, 1.54) is 0 Å². The molecule has 7 heteroatoms. The van der Waals surface area contributed by atoms with E-state index < -0.39 is 17.9 Å². The molecular weight excluding hydrogens is 504 g/mol. The van der Waals surface area contributed by atoms with Gasteiger partial charge >= 0.3 is 0 Å². The highest BCUT2D eigenvalue weighted by atomic mass is 16.5. The number of hydrogen-bond donors (Lipinski definition) is 0. The van der Waals surface area contributed by atoms with Crippen LogP contribution >= 0.6 is 0 Å². The summed E-state index contributed by atoms with van der Waals surface area (Å²) in [5.41, 5.74) is 3.67. The predicted octanol–water partition coefficient (Wildman–Crippen LogP) is 5.03. The molecule has 2 aliphatic rings. The lowest BCUT2D eigenvalue weighted by Gasteiger charge is -2.46. The molecule has 7 nitrogen and oxygen atoms in total. The van der Waals surface area contributed by atoms with Gasteiger partial charge in [-0.05, 0) is 41.0 Å². The van der Waals surface area contributed by atoms with Gasteiger partial charge in [0.25, 0.3) is 11.8 Å². The van der Waals surface area contributed by atoms with Crippen molar-refractivity contribution in [3.05, 3.63) is 137 Å². The maximum absolute atomic E-state index is 13.5. The second kappa shape index (κ2) is 11.2. The number of imide groups is 1. The molecule has 0 aromatic heterocycles. The molecule has 2 unspecified atom stereocenters. The van der Waals surface area contributed by atoms with Gasteiger partial charge in [-0.15, -0.1) is 0 Å². The van der Waals surface area contributed by atoms with Crippen LogP contribution in [-0.4, -0.2) is 46.7 Å². The lowest BCUT2D eigenvalue weighted by Crippen LogP contribution is -2.66. The Kier molecular flexibility index (Phi) is 7.12. The Labute approximate surface area is 232 Å². The molecule has 0 bridgehead atoms. The van der Waals surface area contributed by atoms with E-state index in [2.05, 4.69) is 0 Å². The van der Waals surface area contributed by atoms with Crippen molar-refractivity contribution >= 4 is 17.7 Å². The molecule has 2 atom stereocenters. The molecule has 3 amide bonds. The van der Waals surface area contributed by atoms with E-state index in [0.29, 0.717) is 24.3 Å². The van der Waals surface area contributed by atoms with Gasteiger partial charge in [-0.25, -0.2) is 0 Å². The van der Waals surface area contributed by atoms with E-state index in [4.69, 9.17) is 9.47 Å². The standard InChI is InChI=1S/C33H28N2O5/c36-31-27-13-7-8-14-28(27)32(37)35(31)29-19-34(33(29)38)30(22-39-20-23-9-3-1-4-10-23)25-15-17-26(18-16-25)40-21-24-11-5-2-6-12-24/h1-18,29-30H,19-22H2. The smallest absolute Gasteiger partial charge is 0.262 e. The van der Waals surface area contributed by atoms with E-state index in [-0.39, 0.29) is 25.1 Å². The number of amides is 3. The third-order valence-electron chi connectivity index (χ3n) is 7.35. The van der Waals surface area contributed by atoms with Gasteiger partial charge in [-0.1, -0.05) is 84.9 Å². The van der Waals surface area contributed by atoms with Crippen molar-refractivity contribution in [1.82, 2.24) is 9.80 Å². The number of rotatable bonds is 10. The van der Waals surface area contributed by atoms with Crippen molar-refractivity contribution in [2.45, 2.75) is 25.3 Å². The van der Waals surface area contributed by atoms with Crippen LogP contribution in [-0.2, 0) is 22.7 Å². The monoisotopic (exact) mass is 532 g/mol. The first-order valence-electron chi connectivity index (χ1n) is 13.3. The highest BCUT2D eigenvalue weighted by Gasteiger charge is 2.51. The molecule has 2 heterocycles. The van der Waals surface area contributed by atoms with Gasteiger partial charge in [-0.3, -0.25) is 19.3 Å². The predicted molar refractivity (Wildman–Crippen MR) is 148 cm³/mol. The molecule has 0 aliphatic carbocycles. The second-order valence-corrected chi connectivity index (χ2v) is 9.89. The molecule has 0 N–H and O–H groups in total. The van der Waals surface area contributed by atoms with Crippen LogP contribution in [0.25, 0.3) is 0 Å². The summed E-state index contributed by atoms with van der Waals surface area (Å²) in [5.74, 6) is -0.395. The Balaban J connectivity index is 1.17. The Bertz CT molecular complexity index is 1490. The van der Waals surface area contributed by atoms with Crippen LogP contribution in [0.15, 0.2) is 109 Å². The van der Waals surface area contributed by atoms with Crippen LogP contribution in [0.3, 0.4) is 0 Å². The molecule has 40 heavy (non-hydrogen) atoms. The average molecular weight is 533 g/mol. The SMILES string of the molecule is O=C1C(N2C(=O)c3ccccc3C2=O)CN1C(COCc1ccccc1)c1ccc(OCc2ccccc2)cc1. The summed E-state index contributed by atoms with van der Waals surface area (Å²) in [5, 5.41) is 0. The number of benzene rings is 4. The van der Waals surface area contributed by atoms with Crippen LogP contribution in [0, 0.1) is 0 Å². The van der Waals surface area contributed by atoms with Crippen molar-refractivity contribution in [2.75, 3.05) is 13.2 Å². The highest BCUT2D eigenvalue weighted by Crippen LogP contribution is 2.34. The van der Waals surface area contributed by atoms with Crippen molar-refractivity contribution in [3.63, 3.8) is 0 Å². The zero-order chi connectivity index (χ0) is 27.5. The quantitative estimate of drug-likeness (QED) is 0.212. The zero-order valence-corrected chi connectivity index (χ0v) is 21.8. The van der Waals surface area contributed by atoms with E-state index >= 15 is 0 Å². The van der Waals surface area contributed by atoms with Crippen molar-refractivity contribution in [2.24, 2.45) is 0 Å². The Morgan fingerprint density at radius 2 is 1.23 bits per heavy atom. The summed E-state index contributed by atoms with van der Waals surface area (Å²) in [7, 11) is 0. The molecule has 4 aromatic rings. The number of β-lactam (4-membered cyclic amide) rings is 1. The maximum atomic E-state index is 13.5. The molecule has 0 spiro atoms. The minimum Gasteiger partial charge on any atom is -0.489 e. The molecule has 0 radical (unpaired) electrons. The second-order valence-electron chi connectivity index (χ2n) is 9.89. The zero-order valence-electron chi connectivity index (χ0n) is 21.8. The molecule has 4 aromatic carbocycles. The highest BCUT2D eigenvalue weighted by molar-refractivity contribution is 6.23. The fourth-order valence-electron chi connectivity index (χ4n) is 5.15. The van der Waals surface area contributed by atoms with Gasteiger partial charge in [0.2, 0.25) is 5.91 Å². The number of fused-ring (bicyclic) bond motifs is 1. The Hall–Kier alpha value is -4.75. The van der Waals surface area contributed by atoms with Gasteiger partial charge in [0.15, 0.2) is 0 Å². The van der Waals surface area contributed by atoms with Crippen LogP contribution in [0.2, 0.25) is 0 Å². The lowest BCUT2D eigenvalue weighted by molar-refractivity contribution is -0.153. The summed E-state index contributed by atoms with van der Waals surface area (Å²) in [6.45, 7) is 1.37. The normalized spacial score (nSPS) is 17.0. The number of likely N-dealkylation sites (tertiary alicyclic amines) is 1. The van der Waals surface area contributed by atoms with Crippen LogP contribution in [0.5, 0.6) is 5.75 Å². The molecular formula is C33H28N2O5. The fraction of sp³-hybridized carbons (Fsp3) is 0.182. The summed E-state index contributed by atoms with van der Waals surface area (Å²) in [6, 6.07) is 32.9. The van der Waals surface area contributed by atoms with Crippen molar-refractivity contribution < 1.29 is 23.9 Å². The van der Waals surface area contributed by atoms with Gasteiger partial charge < -0.3 is 14.4 Å². The topological polar surface area (TPSA) is 76.2 Å². The Morgan fingerprint density at radius 1 is 0.675 bits per heavy atom. The van der Waals surface area contributed by atoms with E-state index in [1.54, 1.807) is 29.2 Å². The average Bonchev–Trinajstić information content (AvgIpc) is 3.25. The first-order valence-corrected chi connectivity index (χ1v) is 13.3. The number of carbonyl (C=O) groups is 3. The molecule has 6 rings (SSSR count). The number of hydrogen-bond acceptors (Lipinski definition) is 5. The van der Waals surface area contributed by atoms with Crippen LogP contribution in [0.4, 0.5) is 0 Å². The first-order chi connectivity index (χ1) is 19.6. The minimum absolute atomic E-state index is 0.246. The summed E-state index contributed by atoms with van der Waals surface area (Å²) >= 11 is 0. The van der Waals surface area contributed by atoms with E-state index in [9.17, 15) is 14.4 Å². The lowest BCUT2D eigenvalue weighted by atomic mass is 9.97. The van der Waals surface area contributed by atoms with Crippen molar-refractivity contribution in [1.29, 1.82) is 0 Å². The maximum Gasteiger partial charge on any atom is 0.262 e. The van der Waals surface area contributed by atoms with Gasteiger partial charge in [0.05, 0.1) is 36.9 Å². The number of nitrogens with zero attached hydrogens (tertiary/aromatic N) is 2. The number of ether oxygens (including phenoxy) is 2. The summed E-state index contributed by atoms with van der Waals surface area (Å²) in [6.07, 6.45) is 0. The van der Waals surface area contributed by atoms with Gasteiger partial charge in [0.1, 0.15) is 18.4 Å². The molecule has 1 saturated heterocycles. The largest absolute Gasteiger partial charge is 0.489 e. The first kappa shape index (κ1) is 25.5. The summed E-state index contributed by atoms with van der Waals surface area (Å²) in [4.78, 5) is 42.2. The molecule has 0 saturated carbocycles. The number of carbonyl (C=O) groups excluding carboxylic acids is 3. The van der Waals surface area contributed by atoms with E-state index in [1.807, 2.05) is 84.9 Å². The third kappa shape index (κ3) is 4.99. The van der Waals surface area contributed by atoms with Crippen LogP contribution in [0.1, 0.15) is 43.4 Å². The molecule has 1 fully saturated rings. The van der Waals surface area contributed by atoms with Crippen LogP contribution < -0.4 is 4.74 Å². The summed E-state index contributed by atoms with van der Waals surface area (Å²) < 4.78 is 12.0. The van der Waals surface area contributed by atoms with E-state index in [0.717, 1.165) is 27.3 Å². The van der Waals surface area contributed by atoms with Gasteiger partial charge in [-0.2, -0.15) is 0 Å². The minimum atomic E-state index is -0.822. The molecule has 200 valence electrons. The molecule has 2 aliphatic heterocycles. The van der Waals surface area contributed by atoms with Gasteiger partial charge in [0, 0.05) is 0 Å². The fourth-order valence-corrected chi connectivity index (χ4v) is 5.15. The third-order valence-corrected chi connectivity index (χ3v) is 7.35. The van der Waals surface area contributed by atoms with Crippen molar-refractivity contribution in [3.8, 4) is 5.75 Å². The Morgan fingerprint density at radius 3 is 1.80 bits per heavy atom.